The second kappa shape index (κ2) is 5.60. The van der Waals surface area contributed by atoms with Crippen LogP contribution in [0.15, 0.2) is 6.20 Å². The number of aromatic nitrogens is 3. The van der Waals surface area contributed by atoms with Crippen molar-refractivity contribution in [2.75, 3.05) is 6.61 Å². The molecule has 1 aromatic heterocycles. The summed E-state index contributed by atoms with van der Waals surface area (Å²) in [6.45, 7) is 2.82. The number of nitrogens with zero attached hydrogens (tertiary/aromatic N) is 3. The highest BCUT2D eigenvalue weighted by atomic mass is 16.5. The van der Waals surface area contributed by atoms with Gasteiger partial charge in [-0.25, -0.2) is 0 Å². The van der Waals surface area contributed by atoms with Crippen LogP contribution in [0.3, 0.4) is 0 Å². The van der Waals surface area contributed by atoms with Crippen LogP contribution in [0.25, 0.3) is 0 Å². The summed E-state index contributed by atoms with van der Waals surface area (Å²) in [4.78, 5) is 0. The average Bonchev–Trinajstić information content (AvgIpc) is 2.61. The molecule has 1 atom stereocenters. The first-order valence-electron chi connectivity index (χ1n) is 6.32. The molecule has 5 heteroatoms. The van der Waals surface area contributed by atoms with Crippen LogP contribution >= 0.6 is 0 Å². The standard InChI is InChI=1S/C12H21N3O2/c1-3-17-12-5-9(6-12)4-11(16)7-10-8-15(2)14-13-10/h8-9,11-12,16H,3-7H2,1-2H3. The maximum atomic E-state index is 9.95. The van der Waals surface area contributed by atoms with Crippen LogP contribution in [0.1, 0.15) is 31.9 Å². The minimum Gasteiger partial charge on any atom is -0.393 e. The van der Waals surface area contributed by atoms with Gasteiger partial charge >= 0.3 is 0 Å². The van der Waals surface area contributed by atoms with E-state index in [2.05, 4.69) is 10.3 Å². The van der Waals surface area contributed by atoms with E-state index in [1.54, 1.807) is 4.68 Å². The quantitative estimate of drug-likeness (QED) is 0.802. The number of rotatable bonds is 6. The number of hydrogen-bond acceptors (Lipinski definition) is 4. The van der Waals surface area contributed by atoms with Gasteiger partial charge in [-0.1, -0.05) is 5.21 Å². The highest BCUT2D eigenvalue weighted by molar-refractivity contribution is 4.95. The smallest absolute Gasteiger partial charge is 0.0852 e. The molecule has 0 spiro atoms. The van der Waals surface area contributed by atoms with Gasteiger partial charge in [0.2, 0.25) is 0 Å². The third kappa shape index (κ3) is 3.51. The van der Waals surface area contributed by atoms with Gasteiger partial charge in [0.05, 0.1) is 17.9 Å². The Morgan fingerprint density at radius 2 is 2.35 bits per heavy atom. The van der Waals surface area contributed by atoms with E-state index in [1.165, 1.54) is 0 Å². The molecule has 0 radical (unpaired) electrons. The highest BCUT2D eigenvalue weighted by Gasteiger charge is 2.31. The molecule has 1 heterocycles. The van der Waals surface area contributed by atoms with Crippen LogP contribution in [-0.4, -0.2) is 38.9 Å². The van der Waals surface area contributed by atoms with E-state index in [4.69, 9.17) is 4.74 Å². The molecule has 96 valence electrons. The number of aliphatic hydroxyl groups excluding tert-OH is 1. The Morgan fingerprint density at radius 3 is 2.94 bits per heavy atom. The van der Waals surface area contributed by atoms with Crippen LogP contribution < -0.4 is 0 Å². The van der Waals surface area contributed by atoms with Crippen molar-refractivity contribution in [2.24, 2.45) is 13.0 Å². The van der Waals surface area contributed by atoms with Gasteiger partial charge in [0.15, 0.2) is 0 Å². The highest BCUT2D eigenvalue weighted by Crippen LogP contribution is 2.33. The first kappa shape index (κ1) is 12.5. The van der Waals surface area contributed by atoms with E-state index in [9.17, 15) is 5.11 Å². The lowest BCUT2D eigenvalue weighted by Gasteiger charge is -2.35. The Labute approximate surface area is 102 Å². The first-order valence-corrected chi connectivity index (χ1v) is 6.32. The number of aryl methyl sites for hydroxylation is 1. The van der Waals surface area contributed by atoms with E-state index >= 15 is 0 Å². The molecule has 5 nitrogen and oxygen atoms in total. The van der Waals surface area contributed by atoms with Crippen molar-refractivity contribution < 1.29 is 9.84 Å². The van der Waals surface area contributed by atoms with E-state index in [-0.39, 0.29) is 6.10 Å². The molecule has 17 heavy (non-hydrogen) atoms. The van der Waals surface area contributed by atoms with E-state index in [1.807, 2.05) is 20.2 Å². The molecule has 0 aliphatic heterocycles. The molecular formula is C12H21N3O2. The van der Waals surface area contributed by atoms with Gasteiger partial charge in [0.1, 0.15) is 0 Å². The molecule has 1 N–H and O–H groups in total. The van der Waals surface area contributed by atoms with Crippen molar-refractivity contribution in [2.45, 2.75) is 44.8 Å². The summed E-state index contributed by atoms with van der Waals surface area (Å²) >= 11 is 0. The molecule has 1 aromatic rings. The van der Waals surface area contributed by atoms with Gasteiger partial charge < -0.3 is 9.84 Å². The lowest BCUT2D eigenvalue weighted by Crippen LogP contribution is -2.34. The van der Waals surface area contributed by atoms with Crippen molar-refractivity contribution in [3.05, 3.63) is 11.9 Å². The predicted octanol–water partition coefficient (Wildman–Crippen LogP) is 0.924. The van der Waals surface area contributed by atoms with E-state index in [0.29, 0.717) is 18.4 Å². The van der Waals surface area contributed by atoms with E-state index in [0.717, 1.165) is 31.6 Å². The summed E-state index contributed by atoms with van der Waals surface area (Å²) < 4.78 is 7.17. The Morgan fingerprint density at radius 1 is 1.59 bits per heavy atom. The largest absolute Gasteiger partial charge is 0.393 e. The third-order valence-electron chi connectivity index (χ3n) is 3.30. The van der Waals surface area contributed by atoms with Gasteiger partial charge in [-0.05, 0) is 32.1 Å². The van der Waals surface area contributed by atoms with Gasteiger partial charge in [-0.3, -0.25) is 4.68 Å². The monoisotopic (exact) mass is 239 g/mol. The minimum atomic E-state index is -0.306. The number of hydrogen-bond donors (Lipinski definition) is 1. The third-order valence-corrected chi connectivity index (χ3v) is 3.30. The molecule has 1 saturated carbocycles. The van der Waals surface area contributed by atoms with Crippen molar-refractivity contribution in [3.8, 4) is 0 Å². The topological polar surface area (TPSA) is 60.2 Å². The summed E-state index contributed by atoms with van der Waals surface area (Å²) in [5, 5.41) is 17.8. The molecule has 1 aliphatic rings. The fourth-order valence-electron chi connectivity index (χ4n) is 2.44. The van der Waals surface area contributed by atoms with E-state index < -0.39 is 0 Å². The Kier molecular flexibility index (Phi) is 4.12. The molecule has 1 aliphatic carbocycles. The summed E-state index contributed by atoms with van der Waals surface area (Å²) in [6.07, 6.45) is 5.60. The second-order valence-electron chi connectivity index (χ2n) is 4.89. The SMILES string of the molecule is CCOC1CC(CC(O)Cc2cn(C)nn2)C1. The molecule has 0 aromatic carbocycles. The molecule has 2 rings (SSSR count). The van der Waals surface area contributed by atoms with Gasteiger partial charge in [0, 0.05) is 26.3 Å². The van der Waals surface area contributed by atoms with Crippen LogP contribution in [0.2, 0.25) is 0 Å². The Balaban J connectivity index is 1.67. The lowest BCUT2D eigenvalue weighted by molar-refractivity contribution is -0.0376. The molecular weight excluding hydrogens is 218 g/mol. The minimum absolute atomic E-state index is 0.306. The van der Waals surface area contributed by atoms with Crippen molar-refractivity contribution in [1.29, 1.82) is 0 Å². The summed E-state index contributed by atoms with van der Waals surface area (Å²) in [7, 11) is 1.83. The summed E-state index contributed by atoms with van der Waals surface area (Å²) in [5.74, 6) is 0.609. The average molecular weight is 239 g/mol. The van der Waals surface area contributed by atoms with Crippen molar-refractivity contribution in [1.82, 2.24) is 15.0 Å². The summed E-state index contributed by atoms with van der Waals surface area (Å²) in [5.41, 5.74) is 0.862. The second-order valence-corrected chi connectivity index (χ2v) is 4.89. The zero-order chi connectivity index (χ0) is 12.3. The fourth-order valence-corrected chi connectivity index (χ4v) is 2.44. The normalized spacial score (nSPS) is 25.6. The maximum Gasteiger partial charge on any atom is 0.0852 e. The van der Waals surface area contributed by atoms with Gasteiger partial charge in [-0.2, -0.15) is 0 Å². The van der Waals surface area contributed by atoms with Crippen LogP contribution in [0.5, 0.6) is 0 Å². The summed E-state index contributed by atoms with van der Waals surface area (Å²) in [6, 6.07) is 0. The zero-order valence-corrected chi connectivity index (χ0v) is 10.5. The zero-order valence-electron chi connectivity index (χ0n) is 10.5. The Hall–Kier alpha value is -0.940. The van der Waals surface area contributed by atoms with Crippen LogP contribution in [0, 0.1) is 5.92 Å². The van der Waals surface area contributed by atoms with Gasteiger partial charge in [0.25, 0.3) is 0 Å². The molecule has 0 bridgehead atoms. The van der Waals surface area contributed by atoms with Crippen LogP contribution in [0.4, 0.5) is 0 Å². The molecule has 1 unspecified atom stereocenters. The van der Waals surface area contributed by atoms with Gasteiger partial charge in [-0.15, -0.1) is 5.10 Å². The lowest BCUT2D eigenvalue weighted by atomic mass is 9.78. The van der Waals surface area contributed by atoms with Crippen molar-refractivity contribution >= 4 is 0 Å². The predicted molar refractivity (Wildman–Crippen MR) is 63.5 cm³/mol. The molecule has 1 fully saturated rings. The maximum absolute atomic E-state index is 9.95. The van der Waals surface area contributed by atoms with Crippen LogP contribution in [-0.2, 0) is 18.2 Å². The Bertz CT molecular complexity index is 347. The number of ether oxygens (including phenoxy) is 1. The molecule has 0 saturated heterocycles. The first-order chi connectivity index (χ1) is 8.17. The van der Waals surface area contributed by atoms with Crippen molar-refractivity contribution in [3.63, 3.8) is 0 Å². The fraction of sp³-hybridized carbons (Fsp3) is 0.833. The number of aliphatic hydroxyl groups is 1. The molecule has 0 amide bonds.